The lowest BCUT2D eigenvalue weighted by molar-refractivity contribution is 0.107. The number of fused-ring (bicyclic) bond motifs is 2. The minimum absolute atomic E-state index is 0.00167. The Bertz CT molecular complexity index is 1090. The zero-order valence-electron chi connectivity index (χ0n) is 14.1. The van der Waals surface area contributed by atoms with Crippen molar-refractivity contribution in [2.75, 3.05) is 0 Å². The Kier molecular flexibility index (Phi) is 1.45. The largest absolute Gasteiger partial charge is 0.494 e. The molecule has 2 aromatic carbocycles. The standard InChI is InChI=1S/C16H10N2O2/c19-15-10-6-2-4-8-12(10)17-14(15)13-9-5-1-3-7-11(9)18-16(13)20/h1-8,18,20H/i1D,3D,5D,7D. The van der Waals surface area contributed by atoms with Crippen LogP contribution in [-0.2, 0) is 0 Å². The van der Waals surface area contributed by atoms with E-state index in [0.717, 1.165) is 0 Å². The Morgan fingerprint density at radius 2 is 2.00 bits per heavy atom. The number of Topliss-reactive ketones (excluding diaryl/α,β-unsaturated/α-hetero) is 1. The van der Waals surface area contributed by atoms with E-state index in [1.165, 1.54) is 0 Å². The Morgan fingerprint density at radius 1 is 1.20 bits per heavy atom. The first-order valence-electron chi connectivity index (χ1n) is 7.95. The van der Waals surface area contributed by atoms with Gasteiger partial charge in [-0.15, -0.1) is 0 Å². The fourth-order valence-corrected chi connectivity index (χ4v) is 2.35. The van der Waals surface area contributed by atoms with Gasteiger partial charge in [-0.3, -0.25) is 4.79 Å². The van der Waals surface area contributed by atoms with Gasteiger partial charge in [0.25, 0.3) is 0 Å². The van der Waals surface area contributed by atoms with E-state index in [9.17, 15) is 9.90 Å². The van der Waals surface area contributed by atoms with Gasteiger partial charge in [0, 0.05) is 16.5 Å². The van der Waals surface area contributed by atoms with Crippen molar-refractivity contribution in [3.63, 3.8) is 0 Å². The number of hydrogen-bond acceptors (Lipinski definition) is 3. The van der Waals surface area contributed by atoms with Crippen LogP contribution >= 0.6 is 0 Å². The van der Waals surface area contributed by atoms with Crippen LogP contribution in [0.15, 0.2) is 53.4 Å². The van der Waals surface area contributed by atoms with Crippen LogP contribution in [-0.4, -0.2) is 21.6 Å². The van der Waals surface area contributed by atoms with Crippen molar-refractivity contribution in [1.29, 1.82) is 0 Å². The quantitative estimate of drug-likeness (QED) is 0.710. The second-order valence-electron chi connectivity index (χ2n) is 4.41. The lowest BCUT2D eigenvalue weighted by atomic mass is 10.0. The van der Waals surface area contributed by atoms with Gasteiger partial charge in [-0.25, -0.2) is 4.99 Å². The van der Waals surface area contributed by atoms with Gasteiger partial charge in [-0.1, -0.05) is 30.3 Å². The van der Waals surface area contributed by atoms with E-state index in [0.29, 0.717) is 11.3 Å². The summed E-state index contributed by atoms with van der Waals surface area (Å²) in [6.45, 7) is 0. The number of aliphatic imine (C=N–C) groups is 1. The highest BCUT2D eigenvalue weighted by Gasteiger charge is 2.29. The average Bonchev–Trinajstić information content (AvgIpc) is 3.09. The van der Waals surface area contributed by atoms with Crippen molar-refractivity contribution < 1.29 is 15.4 Å². The van der Waals surface area contributed by atoms with Gasteiger partial charge in [0.15, 0.2) is 5.88 Å². The van der Waals surface area contributed by atoms with Gasteiger partial charge < -0.3 is 10.1 Å². The predicted octanol–water partition coefficient (Wildman–Crippen LogP) is 3.19. The molecule has 20 heavy (non-hydrogen) atoms. The molecule has 0 radical (unpaired) electrons. The van der Waals surface area contributed by atoms with E-state index in [2.05, 4.69) is 9.98 Å². The summed E-state index contributed by atoms with van der Waals surface area (Å²) in [4.78, 5) is 19.4. The van der Waals surface area contributed by atoms with Crippen molar-refractivity contribution >= 4 is 28.1 Å². The Hall–Kier alpha value is -2.88. The monoisotopic (exact) mass is 266 g/mol. The molecule has 2 heterocycles. The molecule has 4 heteroatoms. The van der Waals surface area contributed by atoms with E-state index in [1.807, 2.05) is 0 Å². The molecule has 1 aromatic heterocycles. The molecule has 4 rings (SSSR count). The first kappa shape index (κ1) is 7.65. The van der Waals surface area contributed by atoms with E-state index < -0.39 is 23.7 Å². The number of aromatic hydroxyl groups is 1. The number of nitrogens with zero attached hydrogens (tertiary/aromatic N) is 1. The van der Waals surface area contributed by atoms with Crippen LogP contribution in [0, 0.1) is 0 Å². The minimum atomic E-state index is -0.434. The summed E-state index contributed by atoms with van der Waals surface area (Å²) in [5, 5.41) is 10.3. The van der Waals surface area contributed by atoms with Crippen LogP contribution in [0.5, 0.6) is 5.88 Å². The van der Waals surface area contributed by atoms with Crippen molar-refractivity contribution in [2.45, 2.75) is 0 Å². The van der Waals surface area contributed by atoms with Crippen molar-refractivity contribution in [3.8, 4) is 5.88 Å². The molecule has 0 unspecified atom stereocenters. The number of nitrogens with one attached hydrogen (secondary N) is 1. The van der Waals surface area contributed by atoms with E-state index in [-0.39, 0.29) is 34.3 Å². The maximum atomic E-state index is 12.6. The first-order valence-corrected chi connectivity index (χ1v) is 5.95. The van der Waals surface area contributed by atoms with Crippen LogP contribution < -0.4 is 0 Å². The average molecular weight is 266 g/mol. The molecule has 0 atom stereocenters. The smallest absolute Gasteiger partial charge is 0.214 e. The van der Waals surface area contributed by atoms with Gasteiger partial charge in [0.1, 0.15) is 5.71 Å². The number of benzene rings is 2. The highest BCUT2D eigenvalue weighted by molar-refractivity contribution is 6.56. The predicted molar refractivity (Wildman–Crippen MR) is 76.9 cm³/mol. The molecule has 0 bridgehead atoms. The number of aromatic nitrogens is 1. The number of ketones is 1. The summed E-state index contributed by atoms with van der Waals surface area (Å²) in [7, 11) is 0. The summed E-state index contributed by atoms with van der Waals surface area (Å²) in [6.07, 6.45) is 0. The molecule has 0 spiro atoms. The maximum absolute atomic E-state index is 12.6. The third-order valence-electron chi connectivity index (χ3n) is 3.25. The summed E-state index contributed by atoms with van der Waals surface area (Å²) in [6, 6.07) is 5.24. The number of aromatic amines is 1. The molecular formula is C16H10N2O2. The van der Waals surface area contributed by atoms with Gasteiger partial charge in [-0.2, -0.15) is 0 Å². The molecule has 3 aromatic rings. The molecule has 1 aliphatic rings. The minimum Gasteiger partial charge on any atom is -0.494 e. The molecule has 0 amide bonds. The summed E-state index contributed by atoms with van der Waals surface area (Å²) < 4.78 is 31.5. The lowest BCUT2D eigenvalue weighted by Crippen LogP contribution is -2.10. The van der Waals surface area contributed by atoms with Crippen LogP contribution in [0.4, 0.5) is 5.69 Å². The van der Waals surface area contributed by atoms with Crippen molar-refractivity contribution in [3.05, 3.63) is 59.6 Å². The number of hydrogen-bond donors (Lipinski definition) is 2. The molecule has 96 valence electrons. The van der Waals surface area contributed by atoms with Crippen LogP contribution in [0.2, 0.25) is 0 Å². The number of para-hydroxylation sites is 2. The summed E-state index contributed by atoms with van der Waals surface area (Å²) in [5.41, 5.74) is 0.859. The van der Waals surface area contributed by atoms with Gasteiger partial charge in [0.2, 0.25) is 5.78 Å². The van der Waals surface area contributed by atoms with E-state index in [1.54, 1.807) is 24.3 Å². The molecule has 1 aliphatic heterocycles. The van der Waals surface area contributed by atoms with Gasteiger partial charge >= 0.3 is 0 Å². The normalized spacial score (nSPS) is 16.4. The molecule has 0 fully saturated rings. The Balaban J connectivity index is 2.07. The van der Waals surface area contributed by atoms with E-state index >= 15 is 0 Å². The highest BCUT2D eigenvalue weighted by atomic mass is 16.3. The zero-order chi connectivity index (χ0) is 17.2. The highest BCUT2D eigenvalue weighted by Crippen LogP contribution is 2.34. The summed E-state index contributed by atoms with van der Waals surface area (Å²) >= 11 is 0. The van der Waals surface area contributed by atoms with Gasteiger partial charge in [0.05, 0.1) is 16.7 Å². The van der Waals surface area contributed by atoms with Crippen molar-refractivity contribution in [1.82, 2.24) is 4.98 Å². The number of carbonyl (C=O) groups is 1. The Labute approximate surface area is 120 Å². The first-order chi connectivity index (χ1) is 11.4. The molecular weight excluding hydrogens is 252 g/mol. The third-order valence-corrected chi connectivity index (χ3v) is 3.25. The second kappa shape index (κ2) is 3.81. The SMILES string of the molecule is [2H]c1c([2H])c([2H])c2c(C3=Nc4ccccc4C3=O)c(O)[nH]c2c1[2H]. The second-order valence-corrected chi connectivity index (χ2v) is 4.41. The third kappa shape index (κ3) is 1.36. The molecule has 2 N–H and O–H groups in total. The topological polar surface area (TPSA) is 65.4 Å². The zero-order valence-corrected chi connectivity index (χ0v) is 10.1. The number of rotatable bonds is 1. The number of H-pyrrole nitrogens is 1. The maximum Gasteiger partial charge on any atom is 0.214 e. The molecule has 0 aliphatic carbocycles. The molecule has 0 saturated heterocycles. The lowest BCUT2D eigenvalue weighted by Gasteiger charge is -1.98. The fraction of sp³-hybridized carbons (Fsp3) is 0. The van der Waals surface area contributed by atoms with Gasteiger partial charge in [-0.05, 0) is 18.2 Å². The van der Waals surface area contributed by atoms with E-state index in [4.69, 9.17) is 5.48 Å². The van der Waals surface area contributed by atoms with Crippen molar-refractivity contribution in [2.24, 2.45) is 4.99 Å². The summed E-state index contributed by atoms with van der Waals surface area (Å²) in [5.74, 6) is -0.800. The van der Waals surface area contributed by atoms with Crippen LogP contribution in [0.1, 0.15) is 21.4 Å². The Morgan fingerprint density at radius 3 is 2.85 bits per heavy atom. The van der Waals surface area contributed by atoms with Crippen LogP contribution in [0.3, 0.4) is 0 Å². The number of carbonyl (C=O) groups excluding carboxylic acids is 1. The fourth-order valence-electron chi connectivity index (χ4n) is 2.35. The molecule has 4 nitrogen and oxygen atoms in total. The van der Waals surface area contributed by atoms with Crippen LogP contribution in [0.25, 0.3) is 10.9 Å². The molecule has 0 saturated carbocycles.